The molecule has 0 radical (unpaired) electrons. The molecule has 0 unspecified atom stereocenters. The minimum absolute atomic E-state index is 0.0365. The van der Waals surface area contributed by atoms with Crippen molar-refractivity contribution < 1.29 is 22.4 Å². The highest BCUT2D eigenvalue weighted by Crippen LogP contribution is 2.22. The van der Waals surface area contributed by atoms with Gasteiger partial charge in [-0.15, -0.1) is 0 Å². The first kappa shape index (κ1) is 29.6. The van der Waals surface area contributed by atoms with Crippen LogP contribution in [0, 0.1) is 11.7 Å². The molecule has 0 bridgehead atoms. The van der Waals surface area contributed by atoms with Crippen LogP contribution in [-0.2, 0) is 26.2 Å². The lowest BCUT2D eigenvalue weighted by atomic mass is 10.1. The van der Waals surface area contributed by atoms with Gasteiger partial charge in [-0.05, 0) is 60.7 Å². The molecule has 2 amide bonds. The van der Waals surface area contributed by atoms with Crippen molar-refractivity contribution in [1.82, 2.24) is 10.2 Å². The number of amides is 2. The number of anilines is 1. The van der Waals surface area contributed by atoms with Crippen LogP contribution in [0.5, 0.6) is 0 Å². The Morgan fingerprint density at radius 3 is 2.19 bits per heavy atom. The van der Waals surface area contributed by atoms with Gasteiger partial charge < -0.3 is 10.2 Å². The van der Waals surface area contributed by atoms with E-state index in [0.29, 0.717) is 29.2 Å². The van der Waals surface area contributed by atoms with Gasteiger partial charge in [-0.25, -0.2) is 12.8 Å². The van der Waals surface area contributed by atoms with Gasteiger partial charge in [0.15, 0.2) is 0 Å². The molecule has 0 saturated heterocycles. The van der Waals surface area contributed by atoms with E-state index >= 15 is 0 Å². The van der Waals surface area contributed by atoms with Crippen molar-refractivity contribution in [3.63, 3.8) is 0 Å². The first-order valence-corrected chi connectivity index (χ1v) is 14.2. The van der Waals surface area contributed by atoms with Crippen molar-refractivity contribution in [2.24, 2.45) is 5.92 Å². The summed E-state index contributed by atoms with van der Waals surface area (Å²) in [5, 5.41) is 3.38. The third-order valence-corrected chi connectivity index (χ3v) is 7.05. The molecule has 2 aromatic carbocycles. The second kappa shape index (κ2) is 13.6. The number of nitrogens with one attached hydrogen (secondary N) is 1. The van der Waals surface area contributed by atoms with Crippen LogP contribution in [0.15, 0.2) is 48.5 Å². The summed E-state index contributed by atoms with van der Waals surface area (Å²) < 4.78 is 39.4. The highest BCUT2D eigenvalue weighted by atomic mass is 35.5. The Balaban J connectivity index is 2.19. The highest BCUT2D eigenvalue weighted by Gasteiger charge is 2.29. The van der Waals surface area contributed by atoms with Gasteiger partial charge >= 0.3 is 0 Å². The Morgan fingerprint density at radius 1 is 1.06 bits per heavy atom. The molecule has 0 spiro atoms. The second-order valence-corrected chi connectivity index (χ2v) is 11.5. The summed E-state index contributed by atoms with van der Waals surface area (Å²) in [4.78, 5) is 27.8. The predicted molar refractivity (Wildman–Crippen MR) is 142 cm³/mol. The van der Waals surface area contributed by atoms with E-state index < -0.39 is 16.1 Å². The number of rotatable bonds is 13. The third kappa shape index (κ3) is 9.09. The van der Waals surface area contributed by atoms with E-state index in [-0.39, 0.29) is 49.5 Å². The first-order chi connectivity index (χ1) is 16.9. The molecule has 0 aliphatic carbocycles. The molecule has 36 heavy (non-hydrogen) atoms. The van der Waals surface area contributed by atoms with Gasteiger partial charge in [-0.2, -0.15) is 0 Å². The van der Waals surface area contributed by atoms with Gasteiger partial charge in [0.25, 0.3) is 0 Å². The molecule has 1 atom stereocenters. The summed E-state index contributed by atoms with van der Waals surface area (Å²) >= 11 is 5.92. The fraction of sp³-hybridized carbons (Fsp3) is 0.462. The van der Waals surface area contributed by atoms with Gasteiger partial charge in [0, 0.05) is 31.1 Å². The zero-order valence-electron chi connectivity index (χ0n) is 21.2. The fourth-order valence-corrected chi connectivity index (χ4v) is 4.83. The largest absolute Gasteiger partial charge is 0.354 e. The third-order valence-electron chi connectivity index (χ3n) is 5.60. The van der Waals surface area contributed by atoms with E-state index in [1.54, 1.807) is 36.4 Å². The summed E-state index contributed by atoms with van der Waals surface area (Å²) in [6, 6.07) is 11.5. The second-order valence-electron chi connectivity index (χ2n) is 9.13. The molecule has 10 heteroatoms. The lowest BCUT2D eigenvalue weighted by Gasteiger charge is -2.31. The minimum Gasteiger partial charge on any atom is -0.354 e. The van der Waals surface area contributed by atoms with Crippen molar-refractivity contribution >= 4 is 39.1 Å². The van der Waals surface area contributed by atoms with Gasteiger partial charge in [0.2, 0.25) is 21.8 Å². The predicted octanol–water partition coefficient (Wildman–Crippen LogP) is 4.60. The number of carbonyl (C=O) groups excluding carboxylic acids is 2. The number of hydrogen-bond donors (Lipinski definition) is 1. The topological polar surface area (TPSA) is 86.8 Å². The van der Waals surface area contributed by atoms with Gasteiger partial charge in [-0.1, -0.05) is 44.5 Å². The summed E-state index contributed by atoms with van der Waals surface area (Å²) in [6.07, 6.45) is 1.79. The fourth-order valence-electron chi connectivity index (χ4n) is 3.74. The Kier molecular flexibility index (Phi) is 11.2. The molecule has 0 saturated carbocycles. The van der Waals surface area contributed by atoms with Crippen LogP contribution in [0.2, 0.25) is 5.02 Å². The SMILES string of the molecule is CC[C@H](C(=O)NCC(C)C)N(Cc1ccc(F)cc1)C(=O)CCCN(c1ccc(Cl)cc1)S(C)(=O)=O. The van der Waals surface area contributed by atoms with Gasteiger partial charge in [0.05, 0.1) is 11.9 Å². The molecule has 7 nitrogen and oxygen atoms in total. The number of halogens is 2. The molecule has 0 aliphatic heterocycles. The molecule has 198 valence electrons. The highest BCUT2D eigenvalue weighted by molar-refractivity contribution is 7.92. The number of carbonyl (C=O) groups is 2. The zero-order valence-corrected chi connectivity index (χ0v) is 22.8. The average molecular weight is 540 g/mol. The van der Waals surface area contributed by atoms with E-state index in [1.807, 2.05) is 20.8 Å². The van der Waals surface area contributed by atoms with Crippen LogP contribution in [0.4, 0.5) is 10.1 Å². The van der Waals surface area contributed by atoms with Crippen LogP contribution in [0.3, 0.4) is 0 Å². The molecule has 0 aromatic heterocycles. The molecular weight excluding hydrogens is 505 g/mol. The van der Waals surface area contributed by atoms with Gasteiger partial charge in [-0.3, -0.25) is 13.9 Å². The quantitative estimate of drug-likeness (QED) is 0.403. The number of benzene rings is 2. The Hall–Kier alpha value is -2.65. The molecule has 0 heterocycles. The number of sulfonamides is 1. The lowest BCUT2D eigenvalue weighted by Crippen LogP contribution is -2.49. The molecular formula is C26H35ClFN3O4S. The van der Waals surface area contributed by atoms with E-state index in [1.165, 1.54) is 21.3 Å². The van der Waals surface area contributed by atoms with Crippen LogP contribution in [-0.4, -0.2) is 50.5 Å². The number of hydrogen-bond acceptors (Lipinski definition) is 4. The molecule has 1 N–H and O–H groups in total. The molecule has 0 aliphatic rings. The average Bonchev–Trinajstić information content (AvgIpc) is 2.81. The smallest absolute Gasteiger partial charge is 0.242 e. The van der Waals surface area contributed by atoms with E-state index in [9.17, 15) is 22.4 Å². The van der Waals surface area contributed by atoms with Crippen molar-refractivity contribution in [3.05, 3.63) is 64.9 Å². The van der Waals surface area contributed by atoms with Gasteiger partial charge in [0.1, 0.15) is 11.9 Å². The van der Waals surface area contributed by atoms with Crippen molar-refractivity contribution in [2.45, 2.75) is 52.6 Å². The van der Waals surface area contributed by atoms with Crippen LogP contribution in [0.1, 0.15) is 45.6 Å². The number of nitrogens with zero attached hydrogens (tertiary/aromatic N) is 2. The summed E-state index contributed by atoms with van der Waals surface area (Å²) in [5.41, 5.74) is 1.15. The molecule has 2 rings (SSSR count). The molecule has 2 aromatic rings. The maximum Gasteiger partial charge on any atom is 0.242 e. The minimum atomic E-state index is -3.59. The maximum absolute atomic E-state index is 13.4. The van der Waals surface area contributed by atoms with E-state index in [0.717, 1.165) is 6.26 Å². The Labute approximate surface area is 218 Å². The van der Waals surface area contributed by atoms with Crippen LogP contribution in [0.25, 0.3) is 0 Å². The zero-order chi connectivity index (χ0) is 26.9. The van der Waals surface area contributed by atoms with E-state index in [2.05, 4.69) is 5.32 Å². The van der Waals surface area contributed by atoms with Crippen molar-refractivity contribution in [2.75, 3.05) is 23.7 Å². The molecule has 0 fully saturated rings. The summed E-state index contributed by atoms with van der Waals surface area (Å²) in [7, 11) is -3.59. The summed E-state index contributed by atoms with van der Waals surface area (Å²) in [5.74, 6) is -0.667. The van der Waals surface area contributed by atoms with Crippen molar-refractivity contribution in [3.8, 4) is 0 Å². The van der Waals surface area contributed by atoms with Crippen LogP contribution < -0.4 is 9.62 Å². The normalized spacial score (nSPS) is 12.3. The van der Waals surface area contributed by atoms with Crippen LogP contribution >= 0.6 is 11.6 Å². The summed E-state index contributed by atoms with van der Waals surface area (Å²) in [6.45, 7) is 6.51. The van der Waals surface area contributed by atoms with Crippen molar-refractivity contribution in [1.29, 1.82) is 0 Å². The Morgan fingerprint density at radius 2 is 1.67 bits per heavy atom. The monoisotopic (exact) mass is 539 g/mol. The lowest BCUT2D eigenvalue weighted by molar-refractivity contribution is -0.141. The maximum atomic E-state index is 13.4. The van der Waals surface area contributed by atoms with E-state index in [4.69, 9.17) is 11.6 Å². The first-order valence-electron chi connectivity index (χ1n) is 12.0. The standard InChI is InChI=1S/C26H35ClFN3O4S/c1-5-24(26(33)29-17-19(2)3)30(18-20-8-12-22(28)13-9-20)25(32)7-6-16-31(36(4,34)35)23-14-10-21(27)11-15-23/h8-15,19,24H,5-7,16-18H2,1-4H3,(H,29,33)/t24-/m1/s1. The Bertz CT molecular complexity index is 1110.